The van der Waals surface area contributed by atoms with Gasteiger partial charge in [-0.2, -0.15) is 10.5 Å². The van der Waals surface area contributed by atoms with Gasteiger partial charge in [0.25, 0.3) is 0 Å². The largest absolute Gasteiger partial charge is 0.458 e. The number of hydrogen-bond donors (Lipinski definition) is 0. The molecule has 0 saturated heterocycles. The van der Waals surface area contributed by atoms with E-state index in [9.17, 15) is 20.1 Å². The number of esters is 2. The van der Waals surface area contributed by atoms with Crippen molar-refractivity contribution in [1.82, 2.24) is 0 Å². The lowest BCUT2D eigenvalue weighted by molar-refractivity contribution is -0.146. The summed E-state index contributed by atoms with van der Waals surface area (Å²) in [7, 11) is 3.82. The van der Waals surface area contributed by atoms with Crippen LogP contribution >= 0.6 is 0 Å². The molecule has 0 fully saturated rings. The Hall–Kier alpha value is -4.56. The number of carbonyl (C=O) groups is 2. The maximum atomic E-state index is 12.3. The quantitative estimate of drug-likeness (QED) is 0.201. The molecule has 0 radical (unpaired) electrons. The Morgan fingerprint density at radius 2 is 1.14 bits per heavy atom. The molecule has 0 atom stereocenters. The first-order valence-corrected chi connectivity index (χ1v) is 11.5. The number of benzene rings is 2. The Bertz CT molecular complexity index is 1180. The molecule has 2 aromatic carbocycles. The van der Waals surface area contributed by atoms with Crippen LogP contribution in [0.1, 0.15) is 25.0 Å². The number of rotatable bonds is 11. The summed E-state index contributed by atoms with van der Waals surface area (Å²) in [6.07, 6.45) is 2.87. The Kier molecular flexibility index (Phi) is 10.8. The molecule has 36 heavy (non-hydrogen) atoms. The van der Waals surface area contributed by atoms with Crippen LogP contribution in [0.2, 0.25) is 0 Å². The number of hydrogen-bond acceptors (Lipinski definition) is 8. The molecule has 8 nitrogen and oxygen atoms in total. The van der Waals surface area contributed by atoms with E-state index in [4.69, 9.17) is 9.47 Å². The van der Waals surface area contributed by atoms with Crippen LogP contribution in [0, 0.1) is 22.7 Å². The fraction of sp³-hybridized carbons (Fsp3) is 0.286. The summed E-state index contributed by atoms with van der Waals surface area (Å²) in [6, 6.07) is 18.5. The zero-order valence-electron chi connectivity index (χ0n) is 21.0. The predicted molar refractivity (Wildman–Crippen MR) is 140 cm³/mol. The molecule has 2 rings (SSSR count). The highest BCUT2D eigenvalue weighted by Crippen LogP contribution is 2.17. The van der Waals surface area contributed by atoms with Crippen LogP contribution in [0.3, 0.4) is 0 Å². The average molecular weight is 487 g/mol. The number of ether oxygens (including phenoxy) is 2. The van der Waals surface area contributed by atoms with Crippen molar-refractivity contribution in [3.63, 3.8) is 0 Å². The van der Waals surface area contributed by atoms with Crippen molar-refractivity contribution >= 4 is 35.5 Å². The Labute approximate surface area is 212 Å². The van der Waals surface area contributed by atoms with E-state index in [2.05, 4.69) is 18.7 Å². The van der Waals surface area contributed by atoms with Gasteiger partial charge in [-0.05, 0) is 61.4 Å². The zero-order chi connectivity index (χ0) is 26.5. The number of nitrogens with zero attached hydrogens (tertiary/aromatic N) is 4. The molecule has 0 saturated carbocycles. The van der Waals surface area contributed by atoms with E-state index in [0.717, 1.165) is 24.5 Å². The third-order valence-electron chi connectivity index (χ3n) is 5.28. The van der Waals surface area contributed by atoms with Crippen molar-refractivity contribution in [2.45, 2.75) is 13.8 Å². The molecule has 186 valence electrons. The minimum Gasteiger partial charge on any atom is -0.458 e. The van der Waals surface area contributed by atoms with Crippen LogP contribution < -0.4 is 9.80 Å². The fourth-order valence-corrected chi connectivity index (χ4v) is 3.27. The van der Waals surface area contributed by atoms with Gasteiger partial charge < -0.3 is 19.3 Å². The van der Waals surface area contributed by atoms with E-state index in [1.807, 2.05) is 67.5 Å². The van der Waals surface area contributed by atoms with Gasteiger partial charge in [-0.25, -0.2) is 9.59 Å². The number of anilines is 2. The van der Waals surface area contributed by atoms with Gasteiger partial charge in [0.2, 0.25) is 0 Å². The first-order valence-electron chi connectivity index (χ1n) is 11.5. The molecule has 2 aromatic rings. The lowest BCUT2D eigenvalue weighted by Gasteiger charge is -2.20. The minimum atomic E-state index is -0.824. The second-order valence-corrected chi connectivity index (χ2v) is 7.86. The van der Waals surface area contributed by atoms with E-state index >= 15 is 0 Å². The fourth-order valence-electron chi connectivity index (χ4n) is 3.27. The molecule has 0 heterocycles. The maximum absolute atomic E-state index is 12.3. The van der Waals surface area contributed by atoms with Crippen LogP contribution in [0.5, 0.6) is 0 Å². The van der Waals surface area contributed by atoms with E-state index < -0.39 is 11.9 Å². The van der Waals surface area contributed by atoms with Gasteiger partial charge in [-0.1, -0.05) is 24.3 Å². The molecule has 0 amide bonds. The van der Waals surface area contributed by atoms with Crippen LogP contribution in [-0.4, -0.2) is 52.3 Å². The van der Waals surface area contributed by atoms with Crippen molar-refractivity contribution in [2.24, 2.45) is 0 Å². The van der Waals surface area contributed by atoms with Crippen LogP contribution in [0.15, 0.2) is 59.7 Å². The molecule has 0 aliphatic heterocycles. The highest BCUT2D eigenvalue weighted by Gasteiger charge is 2.14. The van der Waals surface area contributed by atoms with Crippen molar-refractivity contribution in [3.8, 4) is 12.1 Å². The minimum absolute atomic E-state index is 0.171. The van der Waals surface area contributed by atoms with Crippen molar-refractivity contribution in [2.75, 3.05) is 50.2 Å². The first kappa shape index (κ1) is 27.7. The Morgan fingerprint density at radius 3 is 1.47 bits per heavy atom. The Morgan fingerprint density at radius 1 is 0.750 bits per heavy atom. The van der Waals surface area contributed by atoms with E-state index in [1.165, 1.54) is 12.2 Å². The molecule has 0 unspecified atom stereocenters. The smallest absolute Gasteiger partial charge is 0.349 e. The van der Waals surface area contributed by atoms with Crippen LogP contribution in [0.25, 0.3) is 12.2 Å². The molecule has 0 aliphatic carbocycles. The van der Waals surface area contributed by atoms with Gasteiger partial charge in [-0.15, -0.1) is 0 Å². The summed E-state index contributed by atoms with van der Waals surface area (Å²) in [6.45, 7) is 5.39. The maximum Gasteiger partial charge on any atom is 0.349 e. The van der Waals surface area contributed by atoms with Crippen molar-refractivity contribution in [3.05, 3.63) is 70.8 Å². The highest BCUT2D eigenvalue weighted by molar-refractivity contribution is 5.98. The van der Waals surface area contributed by atoms with E-state index in [0.29, 0.717) is 11.1 Å². The first-order chi connectivity index (χ1) is 17.3. The average Bonchev–Trinajstić information content (AvgIpc) is 2.89. The van der Waals surface area contributed by atoms with Gasteiger partial charge in [-0.3, -0.25) is 0 Å². The molecule has 0 bridgehead atoms. The van der Waals surface area contributed by atoms with Gasteiger partial charge in [0, 0.05) is 38.6 Å². The van der Waals surface area contributed by atoms with Crippen molar-refractivity contribution in [1.29, 1.82) is 10.5 Å². The standard InChI is InChI=1S/C28H30N4O4/c1-5-32(6-2)26-13-9-22(10-14-26)18-24(20-30)28(34)36-16-15-35-27(33)23(19-29)17-21-7-11-25(12-8-21)31(3)4/h7-14,17-18H,5-6,15-16H2,1-4H3/b23-17+,24-18+. The van der Waals surface area contributed by atoms with Crippen LogP contribution in [-0.2, 0) is 19.1 Å². The third-order valence-corrected chi connectivity index (χ3v) is 5.28. The number of nitriles is 2. The molecule has 0 aromatic heterocycles. The summed E-state index contributed by atoms with van der Waals surface area (Å²) in [5.41, 5.74) is 3.05. The molecule has 0 N–H and O–H groups in total. The van der Waals surface area contributed by atoms with E-state index in [-0.39, 0.29) is 24.4 Å². The SMILES string of the molecule is CCN(CC)c1ccc(/C=C(\C#N)C(=O)OCCOC(=O)/C(C#N)=C/c2ccc(N(C)C)cc2)cc1. The normalized spacial score (nSPS) is 11.2. The molecular formula is C28H30N4O4. The second-order valence-electron chi connectivity index (χ2n) is 7.86. The van der Waals surface area contributed by atoms with E-state index in [1.54, 1.807) is 12.1 Å². The topological polar surface area (TPSA) is 107 Å². The molecule has 0 aliphatic rings. The predicted octanol–water partition coefficient (Wildman–Crippen LogP) is 4.20. The number of carbonyl (C=O) groups excluding carboxylic acids is 2. The second kappa shape index (κ2) is 14.0. The summed E-state index contributed by atoms with van der Waals surface area (Å²) < 4.78 is 10.1. The summed E-state index contributed by atoms with van der Waals surface area (Å²) in [4.78, 5) is 28.6. The highest BCUT2D eigenvalue weighted by atomic mass is 16.6. The molecule has 0 spiro atoms. The van der Waals surface area contributed by atoms with Gasteiger partial charge in [0.15, 0.2) is 0 Å². The summed E-state index contributed by atoms with van der Waals surface area (Å²) in [5.74, 6) is -1.65. The monoisotopic (exact) mass is 486 g/mol. The lowest BCUT2D eigenvalue weighted by atomic mass is 10.1. The molecule has 8 heteroatoms. The van der Waals surface area contributed by atoms with Gasteiger partial charge in [0.1, 0.15) is 36.5 Å². The van der Waals surface area contributed by atoms with Crippen LogP contribution in [0.4, 0.5) is 11.4 Å². The summed E-state index contributed by atoms with van der Waals surface area (Å²) >= 11 is 0. The van der Waals surface area contributed by atoms with Crippen molar-refractivity contribution < 1.29 is 19.1 Å². The lowest BCUT2D eigenvalue weighted by Crippen LogP contribution is -2.21. The zero-order valence-corrected chi connectivity index (χ0v) is 21.0. The Balaban J connectivity index is 1.91. The van der Waals surface area contributed by atoms with Gasteiger partial charge >= 0.3 is 11.9 Å². The summed E-state index contributed by atoms with van der Waals surface area (Å²) in [5, 5.41) is 18.7. The van der Waals surface area contributed by atoms with Gasteiger partial charge in [0.05, 0.1) is 0 Å². The third kappa shape index (κ3) is 8.03. The molecular weight excluding hydrogens is 456 g/mol.